The van der Waals surface area contributed by atoms with E-state index in [1.165, 1.54) is 0 Å². The number of methoxy groups -OCH3 is 2. The maximum absolute atomic E-state index is 13.3. The van der Waals surface area contributed by atoms with E-state index in [-0.39, 0.29) is 16.9 Å². The summed E-state index contributed by atoms with van der Waals surface area (Å²) < 4.78 is 12.5. The number of fused-ring (bicyclic) bond motifs is 1. The van der Waals surface area contributed by atoms with Gasteiger partial charge < -0.3 is 19.9 Å². The van der Waals surface area contributed by atoms with Crippen LogP contribution in [0.3, 0.4) is 0 Å². The number of allylic oxidation sites excluding steroid dienone is 2. The summed E-state index contributed by atoms with van der Waals surface area (Å²) in [4.78, 5) is 18.1. The fraction of sp³-hybridized carbons (Fsp3) is 0.320. The summed E-state index contributed by atoms with van der Waals surface area (Å²) in [7, 11) is 3.17. The molecule has 0 saturated heterocycles. The summed E-state index contributed by atoms with van der Waals surface area (Å²) in [5.41, 5.74) is 3.08. The van der Waals surface area contributed by atoms with E-state index in [4.69, 9.17) is 19.6 Å². The van der Waals surface area contributed by atoms with E-state index in [1.807, 2.05) is 30.3 Å². The number of anilines is 1. The van der Waals surface area contributed by atoms with Crippen molar-refractivity contribution in [2.24, 2.45) is 5.41 Å². The lowest BCUT2D eigenvalue weighted by atomic mass is 9.73. The highest BCUT2D eigenvalue weighted by atomic mass is 16.5. The lowest BCUT2D eigenvalue weighted by Gasteiger charge is -2.38. The molecule has 5 rings (SSSR count). The molecule has 2 aromatic carbocycles. The number of aromatic hydroxyl groups is 1. The molecule has 1 aliphatic carbocycles. The van der Waals surface area contributed by atoms with E-state index in [2.05, 4.69) is 19.2 Å². The first kappa shape index (κ1) is 21.1. The average Bonchev–Trinajstić information content (AvgIpc) is 3.20. The number of Topliss-reactive ketones (excluding diaryl/α,β-unsaturated/α-hetero) is 1. The maximum atomic E-state index is 13.3. The highest BCUT2D eigenvalue weighted by Crippen LogP contribution is 2.46. The third-order valence-electron chi connectivity index (χ3n) is 6.18. The second-order valence-corrected chi connectivity index (χ2v) is 9.23. The summed E-state index contributed by atoms with van der Waals surface area (Å²) in [6.07, 6.45) is 1.20. The molecule has 1 unspecified atom stereocenters. The van der Waals surface area contributed by atoms with Crippen molar-refractivity contribution in [1.29, 1.82) is 0 Å². The van der Waals surface area contributed by atoms with E-state index in [9.17, 15) is 9.90 Å². The second kappa shape index (κ2) is 7.65. The van der Waals surface area contributed by atoms with Gasteiger partial charge in [-0.25, -0.2) is 4.68 Å². The Morgan fingerprint density at radius 1 is 1.06 bits per heavy atom. The minimum atomic E-state index is -0.429. The van der Waals surface area contributed by atoms with Crippen molar-refractivity contribution < 1.29 is 19.4 Å². The van der Waals surface area contributed by atoms with Crippen molar-refractivity contribution in [2.45, 2.75) is 32.7 Å². The molecule has 2 aliphatic rings. The first-order valence-electron chi connectivity index (χ1n) is 10.8. The molecule has 8 nitrogen and oxygen atoms in total. The van der Waals surface area contributed by atoms with E-state index >= 15 is 0 Å². The Balaban J connectivity index is 1.65. The Morgan fingerprint density at radius 3 is 2.48 bits per heavy atom. The van der Waals surface area contributed by atoms with Gasteiger partial charge in [-0.05, 0) is 47.7 Å². The number of nitrogens with zero attached hydrogens (tertiary/aromatic N) is 3. The summed E-state index contributed by atoms with van der Waals surface area (Å²) in [6, 6.07) is 12.0. The van der Waals surface area contributed by atoms with Crippen molar-refractivity contribution in [1.82, 2.24) is 14.8 Å². The highest BCUT2D eigenvalue weighted by Gasteiger charge is 2.41. The quantitative estimate of drug-likeness (QED) is 0.616. The Kier molecular flexibility index (Phi) is 4.88. The van der Waals surface area contributed by atoms with Crippen molar-refractivity contribution in [3.63, 3.8) is 0 Å². The first-order valence-corrected chi connectivity index (χ1v) is 10.8. The molecular formula is C25H26N4O4. The number of phenols is 1. The number of carbonyl (C=O) groups excluding carboxylic acids is 1. The molecule has 3 aromatic rings. The summed E-state index contributed by atoms with van der Waals surface area (Å²) in [6.45, 7) is 4.20. The number of ether oxygens (including phenoxy) is 2. The minimum absolute atomic E-state index is 0.0978. The zero-order chi connectivity index (χ0) is 23.3. The molecule has 0 radical (unpaired) electrons. The molecule has 1 atom stereocenters. The smallest absolute Gasteiger partial charge is 0.226 e. The highest BCUT2D eigenvalue weighted by molar-refractivity contribution is 6.00. The molecule has 8 heteroatoms. The topological polar surface area (TPSA) is 98.5 Å². The largest absolute Gasteiger partial charge is 0.508 e. The van der Waals surface area contributed by atoms with Crippen LogP contribution in [-0.4, -0.2) is 39.9 Å². The standard InChI is InChI=1S/C25H26N4O4/c1-25(2)12-17-21(18(31)13-25)22(14-5-8-16(30)9-6-14)29-24(26-17)27-23(28-29)15-7-10-19(32-3)20(11-15)33-4/h5-11,22,30H,12-13H2,1-4H3,(H,26,27,28). The predicted molar refractivity (Wildman–Crippen MR) is 123 cm³/mol. The van der Waals surface area contributed by atoms with E-state index < -0.39 is 6.04 Å². The molecule has 0 amide bonds. The van der Waals surface area contributed by atoms with Gasteiger partial charge in [0.1, 0.15) is 11.8 Å². The number of benzene rings is 2. The van der Waals surface area contributed by atoms with Gasteiger partial charge in [0.15, 0.2) is 23.1 Å². The van der Waals surface area contributed by atoms with Gasteiger partial charge in [-0.15, -0.1) is 5.10 Å². The van der Waals surface area contributed by atoms with Gasteiger partial charge in [0.2, 0.25) is 5.95 Å². The number of carbonyl (C=O) groups is 1. The minimum Gasteiger partial charge on any atom is -0.508 e. The number of hydrogen-bond acceptors (Lipinski definition) is 7. The number of aromatic nitrogens is 3. The first-order chi connectivity index (χ1) is 15.8. The molecule has 1 aromatic heterocycles. The van der Waals surface area contributed by atoms with Gasteiger partial charge in [-0.2, -0.15) is 4.98 Å². The van der Waals surface area contributed by atoms with Crippen LogP contribution in [0.25, 0.3) is 11.4 Å². The SMILES string of the molecule is COc1ccc(-c2nc3n(n2)C(c2ccc(O)cc2)C2=C(CC(C)(C)CC2=O)N3)cc1OC. The molecule has 170 valence electrons. The van der Waals surface area contributed by atoms with Gasteiger partial charge in [-0.1, -0.05) is 26.0 Å². The summed E-state index contributed by atoms with van der Waals surface area (Å²) in [5, 5.41) is 18.0. The van der Waals surface area contributed by atoms with Crippen LogP contribution in [0.15, 0.2) is 53.7 Å². The lowest BCUT2D eigenvalue weighted by Crippen LogP contribution is -2.36. The molecule has 0 bridgehead atoms. The zero-order valence-corrected chi connectivity index (χ0v) is 19.0. The van der Waals surface area contributed by atoms with Crippen molar-refractivity contribution in [3.05, 3.63) is 59.3 Å². The molecule has 2 N–H and O–H groups in total. The van der Waals surface area contributed by atoms with E-state index in [0.717, 1.165) is 23.2 Å². The number of phenolic OH excluding ortho intramolecular Hbond substituents is 1. The van der Waals surface area contributed by atoms with Gasteiger partial charge >= 0.3 is 0 Å². The van der Waals surface area contributed by atoms with Crippen LogP contribution in [0.2, 0.25) is 0 Å². The molecule has 2 heterocycles. The zero-order valence-electron chi connectivity index (χ0n) is 19.0. The third kappa shape index (κ3) is 3.61. The normalized spacial score (nSPS) is 18.9. The summed E-state index contributed by atoms with van der Waals surface area (Å²) in [5.74, 6) is 2.55. The molecule has 0 fully saturated rings. The Hall–Kier alpha value is -3.81. The lowest BCUT2D eigenvalue weighted by molar-refractivity contribution is -0.118. The van der Waals surface area contributed by atoms with Crippen molar-refractivity contribution in [3.8, 4) is 28.6 Å². The van der Waals surface area contributed by atoms with Crippen LogP contribution >= 0.6 is 0 Å². The van der Waals surface area contributed by atoms with Crippen molar-refractivity contribution >= 4 is 11.7 Å². The Morgan fingerprint density at radius 2 is 1.79 bits per heavy atom. The molecule has 33 heavy (non-hydrogen) atoms. The van der Waals surface area contributed by atoms with Crippen LogP contribution < -0.4 is 14.8 Å². The maximum Gasteiger partial charge on any atom is 0.226 e. The van der Waals surface area contributed by atoms with Gasteiger partial charge in [0, 0.05) is 23.3 Å². The van der Waals surface area contributed by atoms with Crippen LogP contribution in [0, 0.1) is 5.41 Å². The molecule has 0 saturated carbocycles. The van der Waals surface area contributed by atoms with Crippen LogP contribution in [0.4, 0.5) is 5.95 Å². The van der Waals surface area contributed by atoms with Gasteiger partial charge in [-0.3, -0.25) is 4.79 Å². The molecule has 1 aliphatic heterocycles. The number of ketones is 1. The Bertz CT molecular complexity index is 1270. The van der Waals surface area contributed by atoms with Crippen LogP contribution in [-0.2, 0) is 4.79 Å². The van der Waals surface area contributed by atoms with Gasteiger partial charge in [0.25, 0.3) is 0 Å². The fourth-order valence-corrected chi connectivity index (χ4v) is 4.67. The average molecular weight is 447 g/mol. The predicted octanol–water partition coefficient (Wildman–Crippen LogP) is 4.33. The van der Waals surface area contributed by atoms with Gasteiger partial charge in [0.05, 0.1) is 14.2 Å². The Labute approximate surface area is 191 Å². The number of rotatable bonds is 4. The van der Waals surface area contributed by atoms with Crippen LogP contribution in [0.1, 0.15) is 38.3 Å². The fourth-order valence-electron chi connectivity index (χ4n) is 4.67. The molecule has 0 spiro atoms. The number of nitrogens with one attached hydrogen (secondary N) is 1. The molecular weight excluding hydrogens is 420 g/mol. The van der Waals surface area contributed by atoms with Crippen LogP contribution in [0.5, 0.6) is 17.2 Å². The van der Waals surface area contributed by atoms with E-state index in [1.54, 1.807) is 31.0 Å². The van der Waals surface area contributed by atoms with E-state index in [0.29, 0.717) is 35.3 Å². The van der Waals surface area contributed by atoms with Crippen molar-refractivity contribution in [2.75, 3.05) is 19.5 Å². The summed E-state index contributed by atoms with van der Waals surface area (Å²) >= 11 is 0. The monoisotopic (exact) mass is 446 g/mol. The third-order valence-corrected chi connectivity index (χ3v) is 6.18. The second-order valence-electron chi connectivity index (χ2n) is 9.23. The number of hydrogen-bond donors (Lipinski definition) is 2.